The van der Waals surface area contributed by atoms with Crippen LogP contribution in [0.3, 0.4) is 0 Å². The average molecular weight is 262 g/mol. The molecule has 1 heteroatoms. The van der Waals surface area contributed by atoms with E-state index in [9.17, 15) is 4.79 Å². The highest BCUT2D eigenvalue weighted by Gasteiger charge is 2.15. The minimum Gasteiger partial charge on any atom is -0.294 e. The Morgan fingerprint density at radius 2 is 1.40 bits per heavy atom. The lowest BCUT2D eigenvalue weighted by molar-refractivity contribution is 0.0971. The first kappa shape index (κ1) is 12.9. The van der Waals surface area contributed by atoms with Crippen molar-refractivity contribution in [1.29, 1.82) is 0 Å². The second-order valence-electron chi connectivity index (χ2n) is 5.71. The van der Waals surface area contributed by atoms with Crippen LogP contribution >= 0.6 is 0 Å². The van der Waals surface area contributed by atoms with Gasteiger partial charge in [-0.15, -0.1) is 0 Å². The number of Topliss-reactive ketones (excluding diaryl/α,β-unsaturated/α-hetero) is 1. The molecule has 1 nitrogen and oxygen atoms in total. The summed E-state index contributed by atoms with van der Waals surface area (Å²) in [5.41, 5.74) is 0.882. The Bertz CT molecular complexity index is 730. The van der Waals surface area contributed by atoms with E-state index in [2.05, 4.69) is 44.2 Å². The second kappa shape index (κ2) is 5.09. The Morgan fingerprint density at radius 1 is 0.900 bits per heavy atom. The Hall–Kier alpha value is -2.15. The first-order valence-electron chi connectivity index (χ1n) is 7.10. The Kier molecular flexibility index (Phi) is 3.27. The van der Waals surface area contributed by atoms with Gasteiger partial charge < -0.3 is 0 Å². The first-order valence-corrected chi connectivity index (χ1v) is 7.10. The maximum absolute atomic E-state index is 12.7. The number of benzene rings is 3. The number of carbonyl (C=O) groups is 1. The highest BCUT2D eigenvalue weighted by Crippen LogP contribution is 2.30. The van der Waals surface area contributed by atoms with E-state index in [0.29, 0.717) is 12.3 Å². The summed E-state index contributed by atoms with van der Waals surface area (Å²) in [4.78, 5) is 12.7. The van der Waals surface area contributed by atoms with E-state index < -0.39 is 0 Å². The van der Waals surface area contributed by atoms with Crippen LogP contribution in [0.25, 0.3) is 21.5 Å². The Morgan fingerprint density at radius 3 is 1.90 bits per heavy atom. The molecule has 0 saturated carbocycles. The van der Waals surface area contributed by atoms with Crippen molar-refractivity contribution in [3.8, 4) is 0 Å². The molecule has 0 bridgehead atoms. The van der Waals surface area contributed by atoms with Crippen molar-refractivity contribution in [3.05, 3.63) is 60.2 Å². The van der Waals surface area contributed by atoms with E-state index >= 15 is 0 Å². The number of hydrogen-bond acceptors (Lipinski definition) is 1. The number of ketones is 1. The van der Waals surface area contributed by atoms with Gasteiger partial charge in [0.15, 0.2) is 5.78 Å². The van der Waals surface area contributed by atoms with Gasteiger partial charge in [-0.1, -0.05) is 62.4 Å². The summed E-state index contributed by atoms with van der Waals surface area (Å²) in [6.07, 6.45) is 0.595. The number of rotatable bonds is 3. The SMILES string of the molecule is CC(C)CC(=O)c1c2ccccc2cc2ccccc12. The van der Waals surface area contributed by atoms with Gasteiger partial charge in [0.1, 0.15) is 0 Å². The number of hydrogen-bond donors (Lipinski definition) is 0. The molecule has 0 heterocycles. The van der Waals surface area contributed by atoms with Gasteiger partial charge in [0.05, 0.1) is 0 Å². The molecule has 0 saturated heterocycles. The van der Waals surface area contributed by atoms with Crippen LogP contribution in [-0.2, 0) is 0 Å². The predicted molar refractivity (Wildman–Crippen MR) is 85.2 cm³/mol. The fourth-order valence-corrected chi connectivity index (χ4v) is 2.79. The minimum atomic E-state index is 0.244. The van der Waals surface area contributed by atoms with Crippen molar-refractivity contribution >= 4 is 27.3 Å². The zero-order valence-electron chi connectivity index (χ0n) is 11.9. The molecule has 0 N–H and O–H groups in total. The van der Waals surface area contributed by atoms with E-state index in [1.54, 1.807) is 0 Å². The molecule has 3 aromatic rings. The lowest BCUT2D eigenvalue weighted by Crippen LogP contribution is -2.05. The van der Waals surface area contributed by atoms with E-state index in [-0.39, 0.29) is 5.78 Å². The second-order valence-corrected chi connectivity index (χ2v) is 5.71. The van der Waals surface area contributed by atoms with Gasteiger partial charge in [0.25, 0.3) is 0 Å². The fraction of sp³-hybridized carbons (Fsp3) is 0.211. The molecule has 0 aliphatic heterocycles. The van der Waals surface area contributed by atoms with Crippen molar-refractivity contribution in [2.45, 2.75) is 20.3 Å². The maximum atomic E-state index is 12.7. The van der Waals surface area contributed by atoms with Crippen LogP contribution in [0.2, 0.25) is 0 Å². The summed E-state index contributed by atoms with van der Waals surface area (Å²) in [7, 11) is 0. The van der Waals surface area contributed by atoms with E-state index in [1.807, 2.05) is 24.3 Å². The molecule has 0 atom stereocenters. The van der Waals surface area contributed by atoms with Crippen LogP contribution in [0, 0.1) is 5.92 Å². The molecule has 0 aromatic heterocycles. The molecule has 100 valence electrons. The van der Waals surface area contributed by atoms with Crippen LogP contribution in [0.1, 0.15) is 30.6 Å². The summed E-state index contributed by atoms with van der Waals surface area (Å²) in [6, 6.07) is 18.5. The molecule has 0 spiro atoms. The van der Waals surface area contributed by atoms with Gasteiger partial charge in [0.2, 0.25) is 0 Å². The molecule has 0 unspecified atom stereocenters. The first-order chi connectivity index (χ1) is 9.66. The van der Waals surface area contributed by atoms with Gasteiger partial charge >= 0.3 is 0 Å². The summed E-state index contributed by atoms with van der Waals surface area (Å²) in [5, 5.41) is 4.41. The van der Waals surface area contributed by atoms with Gasteiger partial charge in [-0.3, -0.25) is 4.79 Å². The Balaban J connectivity index is 2.36. The van der Waals surface area contributed by atoms with Crippen LogP contribution in [0.4, 0.5) is 0 Å². The zero-order chi connectivity index (χ0) is 14.1. The van der Waals surface area contributed by atoms with E-state index in [4.69, 9.17) is 0 Å². The fourth-order valence-electron chi connectivity index (χ4n) is 2.79. The van der Waals surface area contributed by atoms with Crippen LogP contribution in [-0.4, -0.2) is 5.78 Å². The van der Waals surface area contributed by atoms with Crippen molar-refractivity contribution in [1.82, 2.24) is 0 Å². The summed E-state index contributed by atoms with van der Waals surface area (Å²) in [5.74, 6) is 0.619. The number of carbonyl (C=O) groups excluding carboxylic acids is 1. The lowest BCUT2D eigenvalue weighted by atomic mass is 9.91. The summed E-state index contributed by atoms with van der Waals surface area (Å²) < 4.78 is 0. The molecule has 0 fully saturated rings. The van der Waals surface area contributed by atoms with Gasteiger partial charge in [0, 0.05) is 12.0 Å². The summed E-state index contributed by atoms with van der Waals surface area (Å²) >= 11 is 0. The topological polar surface area (TPSA) is 17.1 Å². The van der Waals surface area contributed by atoms with Crippen LogP contribution in [0.15, 0.2) is 54.6 Å². The molecule has 0 aliphatic rings. The third-order valence-corrected chi connectivity index (χ3v) is 3.64. The van der Waals surface area contributed by atoms with Gasteiger partial charge in [-0.2, -0.15) is 0 Å². The lowest BCUT2D eigenvalue weighted by Gasteiger charge is -2.12. The van der Waals surface area contributed by atoms with Crippen LogP contribution < -0.4 is 0 Å². The standard InChI is InChI=1S/C19H18O/c1-13(2)11-18(20)19-16-9-5-3-7-14(16)12-15-8-4-6-10-17(15)19/h3-10,12-13H,11H2,1-2H3. The van der Waals surface area contributed by atoms with Crippen molar-refractivity contribution in [2.24, 2.45) is 5.92 Å². The Labute approximate surface area is 119 Å². The van der Waals surface area contributed by atoms with E-state index in [1.165, 1.54) is 0 Å². The summed E-state index contributed by atoms with van der Waals surface area (Å²) in [6.45, 7) is 4.18. The average Bonchev–Trinajstić information content (AvgIpc) is 2.43. The zero-order valence-corrected chi connectivity index (χ0v) is 11.9. The normalized spacial score (nSPS) is 11.3. The third kappa shape index (κ3) is 2.20. The smallest absolute Gasteiger partial charge is 0.164 e. The molecule has 0 radical (unpaired) electrons. The highest BCUT2D eigenvalue weighted by molar-refractivity contribution is 6.18. The molecule has 0 aliphatic carbocycles. The van der Waals surface area contributed by atoms with Gasteiger partial charge in [-0.25, -0.2) is 0 Å². The van der Waals surface area contributed by atoms with Gasteiger partial charge in [-0.05, 0) is 33.5 Å². The van der Waals surface area contributed by atoms with Crippen LogP contribution in [0.5, 0.6) is 0 Å². The highest BCUT2D eigenvalue weighted by atomic mass is 16.1. The molecule has 0 amide bonds. The predicted octanol–water partition coefficient (Wildman–Crippen LogP) is 5.22. The van der Waals surface area contributed by atoms with Crippen molar-refractivity contribution in [3.63, 3.8) is 0 Å². The molecule has 3 aromatic carbocycles. The van der Waals surface area contributed by atoms with E-state index in [0.717, 1.165) is 27.1 Å². The molecule has 20 heavy (non-hydrogen) atoms. The monoisotopic (exact) mass is 262 g/mol. The largest absolute Gasteiger partial charge is 0.294 e. The minimum absolute atomic E-state index is 0.244. The molecular weight excluding hydrogens is 244 g/mol. The number of fused-ring (bicyclic) bond motifs is 2. The van der Waals surface area contributed by atoms with Crippen molar-refractivity contribution < 1.29 is 4.79 Å². The molecule has 3 rings (SSSR count). The molecular formula is C19H18O. The third-order valence-electron chi connectivity index (χ3n) is 3.64. The quantitative estimate of drug-likeness (QED) is 0.467. The van der Waals surface area contributed by atoms with Crippen molar-refractivity contribution in [2.75, 3.05) is 0 Å². The maximum Gasteiger partial charge on any atom is 0.164 e.